The van der Waals surface area contributed by atoms with Crippen molar-refractivity contribution in [3.8, 4) is 0 Å². The summed E-state index contributed by atoms with van der Waals surface area (Å²) in [6.45, 7) is 7.12. The van der Waals surface area contributed by atoms with Gasteiger partial charge in [-0.25, -0.2) is 0 Å². The number of hydrogen-bond donors (Lipinski definition) is 0. The van der Waals surface area contributed by atoms with Crippen LogP contribution in [0.15, 0.2) is 28.4 Å². The second-order valence-corrected chi connectivity index (χ2v) is 6.11. The SMILES string of the molecule is CC1=C[C@@H]2CC(C)(C)[C@H]1CCc1ccoc12. The lowest BCUT2D eigenvalue weighted by Crippen LogP contribution is -2.33. The molecule has 1 aromatic heterocycles. The van der Waals surface area contributed by atoms with Crippen molar-refractivity contribution in [3.63, 3.8) is 0 Å². The molecule has 4 rings (SSSR count). The Labute approximate surface area is 97.5 Å². The minimum atomic E-state index is 0.425. The Hall–Kier alpha value is -0.980. The van der Waals surface area contributed by atoms with Gasteiger partial charge in [0.25, 0.3) is 0 Å². The third kappa shape index (κ3) is 1.37. The predicted molar refractivity (Wildman–Crippen MR) is 65.4 cm³/mol. The fraction of sp³-hybridized carbons (Fsp3) is 0.600. The first-order chi connectivity index (χ1) is 7.58. The smallest absolute Gasteiger partial charge is 0.113 e. The molecule has 2 bridgehead atoms. The lowest BCUT2D eigenvalue weighted by atomic mass is 9.62. The van der Waals surface area contributed by atoms with E-state index >= 15 is 0 Å². The van der Waals surface area contributed by atoms with Gasteiger partial charge in [-0.3, -0.25) is 0 Å². The van der Waals surface area contributed by atoms with Gasteiger partial charge in [0.15, 0.2) is 0 Å². The van der Waals surface area contributed by atoms with Crippen LogP contribution in [0.3, 0.4) is 0 Å². The highest BCUT2D eigenvalue weighted by molar-refractivity contribution is 5.32. The van der Waals surface area contributed by atoms with Gasteiger partial charge in [0.1, 0.15) is 5.76 Å². The summed E-state index contributed by atoms with van der Waals surface area (Å²) in [4.78, 5) is 0. The van der Waals surface area contributed by atoms with Crippen LogP contribution in [0.2, 0.25) is 0 Å². The first-order valence-corrected chi connectivity index (χ1v) is 6.32. The van der Waals surface area contributed by atoms with Crippen LogP contribution in [-0.2, 0) is 6.42 Å². The number of hydrogen-bond acceptors (Lipinski definition) is 1. The van der Waals surface area contributed by atoms with Gasteiger partial charge in [0.05, 0.1) is 6.26 Å². The highest BCUT2D eigenvalue weighted by Crippen LogP contribution is 2.50. The number of furan rings is 1. The normalized spacial score (nSPS) is 31.6. The van der Waals surface area contributed by atoms with Crippen molar-refractivity contribution in [2.75, 3.05) is 0 Å². The molecule has 2 atom stereocenters. The summed E-state index contributed by atoms with van der Waals surface area (Å²) in [5.74, 6) is 2.49. The molecule has 0 fully saturated rings. The molecule has 3 aliphatic carbocycles. The first kappa shape index (κ1) is 10.2. The average molecular weight is 216 g/mol. The molecule has 0 saturated carbocycles. The molecule has 1 aromatic rings. The molecule has 0 aliphatic heterocycles. The summed E-state index contributed by atoms with van der Waals surface area (Å²) in [5.41, 5.74) is 3.44. The van der Waals surface area contributed by atoms with Crippen LogP contribution in [0.1, 0.15) is 50.9 Å². The van der Waals surface area contributed by atoms with Crippen molar-refractivity contribution in [2.24, 2.45) is 11.3 Å². The van der Waals surface area contributed by atoms with E-state index in [9.17, 15) is 0 Å². The highest BCUT2D eigenvalue weighted by atomic mass is 16.3. The van der Waals surface area contributed by atoms with Crippen LogP contribution in [0.5, 0.6) is 0 Å². The van der Waals surface area contributed by atoms with Crippen molar-refractivity contribution in [1.29, 1.82) is 0 Å². The summed E-state index contributed by atoms with van der Waals surface area (Å²) in [6, 6.07) is 2.16. The number of allylic oxidation sites excluding steroid dienone is 2. The Morgan fingerprint density at radius 1 is 1.38 bits per heavy atom. The topological polar surface area (TPSA) is 13.1 Å². The highest BCUT2D eigenvalue weighted by Gasteiger charge is 2.40. The molecule has 16 heavy (non-hydrogen) atoms. The molecule has 0 aromatic carbocycles. The van der Waals surface area contributed by atoms with Gasteiger partial charge in [0.2, 0.25) is 0 Å². The van der Waals surface area contributed by atoms with Gasteiger partial charge in [-0.15, -0.1) is 0 Å². The van der Waals surface area contributed by atoms with Gasteiger partial charge >= 0.3 is 0 Å². The molecule has 1 nitrogen and oxygen atoms in total. The summed E-state index contributed by atoms with van der Waals surface area (Å²) >= 11 is 0. The van der Waals surface area contributed by atoms with E-state index < -0.39 is 0 Å². The van der Waals surface area contributed by atoms with Gasteiger partial charge in [-0.2, -0.15) is 0 Å². The second-order valence-electron chi connectivity index (χ2n) is 6.11. The largest absolute Gasteiger partial charge is 0.468 e. The summed E-state index contributed by atoms with van der Waals surface area (Å²) in [5, 5.41) is 0. The molecule has 1 heteroatoms. The van der Waals surface area contributed by atoms with E-state index in [1.807, 2.05) is 6.26 Å². The molecule has 0 N–H and O–H groups in total. The molecule has 0 saturated heterocycles. The molecule has 3 aliphatic rings. The summed E-state index contributed by atoms with van der Waals surface area (Å²) in [6.07, 6.45) is 7.99. The molecular formula is C15H20O. The minimum Gasteiger partial charge on any atom is -0.468 e. The maximum Gasteiger partial charge on any atom is 0.113 e. The maximum atomic E-state index is 5.72. The van der Waals surface area contributed by atoms with Gasteiger partial charge < -0.3 is 4.42 Å². The van der Waals surface area contributed by atoms with Crippen molar-refractivity contribution in [2.45, 2.75) is 46.0 Å². The van der Waals surface area contributed by atoms with E-state index in [1.165, 1.54) is 30.6 Å². The van der Waals surface area contributed by atoms with E-state index in [2.05, 4.69) is 32.9 Å². The molecule has 86 valence electrons. The zero-order valence-corrected chi connectivity index (χ0v) is 10.4. The van der Waals surface area contributed by atoms with Crippen molar-refractivity contribution < 1.29 is 4.42 Å². The average Bonchev–Trinajstić information content (AvgIpc) is 2.60. The van der Waals surface area contributed by atoms with Crippen LogP contribution in [0, 0.1) is 11.3 Å². The Bertz CT molecular complexity index is 436. The molecule has 1 heterocycles. The molecular weight excluding hydrogens is 196 g/mol. The molecule has 0 unspecified atom stereocenters. The third-order valence-electron chi connectivity index (χ3n) is 4.52. The Morgan fingerprint density at radius 3 is 2.94 bits per heavy atom. The van der Waals surface area contributed by atoms with Crippen LogP contribution in [-0.4, -0.2) is 0 Å². The van der Waals surface area contributed by atoms with Crippen molar-refractivity contribution in [3.05, 3.63) is 35.3 Å². The lowest BCUT2D eigenvalue weighted by Gasteiger charge is -2.43. The van der Waals surface area contributed by atoms with E-state index in [-0.39, 0.29) is 0 Å². The second kappa shape index (κ2) is 3.26. The summed E-state index contributed by atoms with van der Waals surface area (Å²) < 4.78 is 5.72. The molecule has 0 radical (unpaired) electrons. The fourth-order valence-corrected chi connectivity index (χ4v) is 3.78. The van der Waals surface area contributed by atoms with Gasteiger partial charge in [-0.1, -0.05) is 25.5 Å². The zero-order valence-electron chi connectivity index (χ0n) is 10.4. The van der Waals surface area contributed by atoms with Crippen LogP contribution < -0.4 is 0 Å². The van der Waals surface area contributed by atoms with Crippen LogP contribution in [0.25, 0.3) is 0 Å². The zero-order chi connectivity index (χ0) is 11.3. The third-order valence-corrected chi connectivity index (χ3v) is 4.52. The maximum absolute atomic E-state index is 5.72. The van der Waals surface area contributed by atoms with Crippen LogP contribution >= 0.6 is 0 Å². The minimum absolute atomic E-state index is 0.425. The Balaban J connectivity index is 2.12. The number of aryl methyl sites for hydroxylation is 1. The number of rotatable bonds is 0. The van der Waals surface area contributed by atoms with Crippen molar-refractivity contribution >= 4 is 0 Å². The molecule has 0 amide bonds. The first-order valence-electron chi connectivity index (χ1n) is 6.32. The predicted octanol–water partition coefficient (Wildman–Crippen LogP) is 4.30. The Kier molecular flexibility index (Phi) is 2.07. The van der Waals surface area contributed by atoms with E-state index in [1.54, 1.807) is 5.57 Å². The Morgan fingerprint density at radius 2 is 2.19 bits per heavy atom. The van der Waals surface area contributed by atoms with Gasteiger partial charge in [0, 0.05) is 5.92 Å². The monoisotopic (exact) mass is 216 g/mol. The molecule has 0 spiro atoms. The van der Waals surface area contributed by atoms with E-state index in [0.29, 0.717) is 11.3 Å². The quantitative estimate of drug-likeness (QED) is 0.589. The summed E-state index contributed by atoms with van der Waals surface area (Å²) in [7, 11) is 0. The van der Waals surface area contributed by atoms with Crippen LogP contribution in [0.4, 0.5) is 0 Å². The van der Waals surface area contributed by atoms with Crippen molar-refractivity contribution in [1.82, 2.24) is 0 Å². The number of fused-ring (bicyclic) bond motifs is 2. The van der Waals surface area contributed by atoms with E-state index in [0.717, 1.165) is 5.92 Å². The van der Waals surface area contributed by atoms with E-state index in [4.69, 9.17) is 4.42 Å². The lowest BCUT2D eigenvalue weighted by molar-refractivity contribution is 0.179. The van der Waals surface area contributed by atoms with Gasteiger partial charge in [-0.05, 0) is 49.1 Å². The standard InChI is InChI=1S/C15H20O/c1-10-8-12-9-15(2,3)13(10)5-4-11-6-7-16-14(11)12/h6-8,12-13H,4-5,9H2,1-3H3/t12-,13+/m1/s1. The fourth-order valence-electron chi connectivity index (χ4n) is 3.78.